The first-order valence-electron chi connectivity index (χ1n) is 6.43. The van der Waals surface area contributed by atoms with E-state index in [1.165, 1.54) is 0 Å². The number of aromatic nitrogens is 1. The van der Waals surface area contributed by atoms with Gasteiger partial charge in [-0.25, -0.2) is 0 Å². The minimum Gasteiger partial charge on any atom is -0.299 e. The minimum atomic E-state index is -0.102. The van der Waals surface area contributed by atoms with Crippen molar-refractivity contribution in [1.29, 1.82) is 0 Å². The summed E-state index contributed by atoms with van der Waals surface area (Å²) in [7, 11) is 0. The van der Waals surface area contributed by atoms with Gasteiger partial charge in [-0.2, -0.15) is 0 Å². The third-order valence-electron chi connectivity index (χ3n) is 3.65. The Morgan fingerprint density at radius 3 is 2.79 bits per heavy atom. The zero-order valence-corrected chi connectivity index (χ0v) is 11.8. The van der Waals surface area contributed by atoms with E-state index in [0.717, 1.165) is 35.9 Å². The van der Waals surface area contributed by atoms with E-state index < -0.39 is 0 Å². The summed E-state index contributed by atoms with van der Waals surface area (Å²) in [5.74, 6) is 0.172. The van der Waals surface area contributed by atoms with Gasteiger partial charge in [0.15, 0.2) is 0 Å². The molecule has 0 saturated heterocycles. The summed E-state index contributed by atoms with van der Waals surface area (Å²) in [6, 6.07) is 7.27. The van der Waals surface area contributed by atoms with Crippen LogP contribution in [-0.2, 0) is 4.79 Å². The monoisotopic (exact) mass is 293 g/mol. The van der Waals surface area contributed by atoms with Gasteiger partial charge < -0.3 is 0 Å². The highest BCUT2D eigenvalue weighted by atomic mass is 35.5. The second-order valence-corrected chi connectivity index (χ2v) is 5.80. The van der Waals surface area contributed by atoms with Crippen molar-refractivity contribution in [2.45, 2.75) is 31.6 Å². The van der Waals surface area contributed by atoms with E-state index in [9.17, 15) is 4.79 Å². The SMILES string of the molecule is O=C1CCCC[C@H]1c1cc(Cl)c2ccc(Cl)cc2n1. The van der Waals surface area contributed by atoms with Gasteiger partial charge in [-0.15, -0.1) is 0 Å². The number of carbonyl (C=O) groups is 1. The number of pyridine rings is 1. The standard InChI is InChI=1S/C15H13Cl2NO/c16-9-5-6-10-12(17)8-14(18-13(10)7-9)11-3-1-2-4-15(11)19/h5-8,11H,1-4H2/t11-/m0/s1. The van der Waals surface area contributed by atoms with Crippen LogP contribution in [-0.4, -0.2) is 10.8 Å². The molecule has 3 rings (SSSR count). The van der Waals surface area contributed by atoms with Crippen molar-refractivity contribution in [3.8, 4) is 0 Å². The molecule has 98 valence electrons. The van der Waals surface area contributed by atoms with Crippen molar-refractivity contribution in [2.24, 2.45) is 0 Å². The Labute approximate surface area is 121 Å². The van der Waals surface area contributed by atoms with Crippen molar-refractivity contribution in [3.63, 3.8) is 0 Å². The van der Waals surface area contributed by atoms with Crippen LogP contribution >= 0.6 is 23.2 Å². The first-order valence-corrected chi connectivity index (χ1v) is 7.19. The Balaban J connectivity index is 2.11. The molecule has 1 aliphatic rings. The fourth-order valence-corrected chi connectivity index (χ4v) is 3.09. The molecule has 1 heterocycles. The Morgan fingerprint density at radius 2 is 2.00 bits per heavy atom. The van der Waals surface area contributed by atoms with E-state index in [1.807, 2.05) is 12.1 Å². The molecule has 0 bridgehead atoms. The lowest BCUT2D eigenvalue weighted by molar-refractivity contribution is -0.121. The molecule has 1 aromatic heterocycles. The highest BCUT2D eigenvalue weighted by Gasteiger charge is 2.25. The lowest BCUT2D eigenvalue weighted by Crippen LogP contribution is -2.18. The minimum absolute atomic E-state index is 0.102. The third kappa shape index (κ3) is 2.47. The molecule has 2 aromatic rings. The topological polar surface area (TPSA) is 30.0 Å². The fraction of sp³-hybridized carbons (Fsp3) is 0.333. The zero-order valence-electron chi connectivity index (χ0n) is 10.3. The number of carbonyl (C=O) groups excluding carboxylic acids is 1. The maximum absolute atomic E-state index is 12.0. The smallest absolute Gasteiger partial charge is 0.141 e. The largest absolute Gasteiger partial charge is 0.299 e. The Hall–Kier alpha value is -1.12. The first kappa shape index (κ1) is 12.9. The predicted molar refractivity (Wildman–Crippen MR) is 78.0 cm³/mol. The highest BCUT2D eigenvalue weighted by molar-refractivity contribution is 6.36. The first-order chi connectivity index (χ1) is 9.15. The van der Waals surface area contributed by atoms with Crippen LogP contribution < -0.4 is 0 Å². The van der Waals surface area contributed by atoms with Crippen molar-refractivity contribution < 1.29 is 4.79 Å². The van der Waals surface area contributed by atoms with E-state index in [-0.39, 0.29) is 11.7 Å². The molecule has 2 nitrogen and oxygen atoms in total. The molecule has 1 aromatic carbocycles. The van der Waals surface area contributed by atoms with Gasteiger partial charge in [-0.05, 0) is 37.1 Å². The molecule has 0 spiro atoms. The number of fused-ring (bicyclic) bond motifs is 1. The lowest BCUT2D eigenvalue weighted by Gasteiger charge is -2.20. The number of ketones is 1. The van der Waals surface area contributed by atoms with E-state index in [4.69, 9.17) is 23.2 Å². The molecule has 0 unspecified atom stereocenters. The van der Waals surface area contributed by atoms with E-state index in [2.05, 4.69) is 4.98 Å². The summed E-state index contributed by atoms with van der Waals surface area (Å²) in [4.78, 5) is 16.6. The lowest BCUT2D eigenvalue weighted by atomic mass is 9.85. The van der Waals surface area contributed by atoms with E-state index >= 15 is 0 Å². The molecular weight excluding hydrogens is 281 g/mol. The summed E-state index contributed by atoms with van der Waals surface area (Å²) in [6.45, 7) is 0. The summed E-state index contributed by atoms with van der Waals surface area (Å²) in [5.41, 5.74) is 1.54. The van der Waals surface area contributed by atoms with Crippen molar-refractivity contribution >= 4 is 39.9 Å². The normalized spacial score (nSPS) is 19.9. The number of benzene rings is 1. The Morgan fingerprint density at radius 1 is 1.16 bits per heavy atom. The predicted octanol–water partition coefficient (Wildman–Crippen LogP) is 4.77. The van der Waals surface area contributed by atoms with Crippen molar-refractivity contribution in [1.82, 2.24) is 4.98 Å². The molecule has 0 aliphatic heterocycles. The molecule has 1 aliphatic carbocycles. The summed E-state index contributed by atoms with van der Waals surface area (Å²) >= 11 is 12.3. The Bertz CT molecular complexity index is 654. The van der Waals surface area contributed by atoms with Gasteiger partial charge in [-0.3, -0.25) is 9.78 Å². The highest BCUT2D eigenvalue weighted by Crippen LogP contribution is 2.33. The second-order valence-electron chi connectivity index (χ2n) is 4.96. The summed E-state index contributed by atoms with van der Waals surface area (Å²) < 4.78 is 0. The number of nitrogens with zero attached hydrogens (tertiary/aromatic N) is 1. The van der Waals surface area contributed by atoms with Crippen LogP contribution in [0.4, 0.5) is 0 Å². The van der Waals surface area contributed by atoms with Crippen LogP contribution in [0.2, 0.25) is 10.0 Å². The van der Waals surface area contributed by atoms with Gasteiger partial charge in [0, 0.05) is 16.8 Å². The molecule has 0 amide bonds. The fourth-order valence-electron chi connectivity index (χ4n) is 2.65. The number of rotatable bonds is 1. The van der Waals surface area contributed by atoms with Crippen molar-refractivity contribution in [2.75, 3.05) is 0 Å². The van der Waals surface area contributed by atoms with Gasteiger partial charge in [-0.1, -0.05) is 29.6 Å². The maximum Gasteiger partial charge on any atom is 0.141 e. The molecule has 4 heteroatoms. The van der Waals surface area contributed by atoms with Gasteiger partial charge in [0.25, 0.3) is 0 Å². The molecule has 1 saturated carbocycles. The molecule has 19 heavy (non-hydrogen) atoms. The van der Waals surface area contributed by atoms with Crippen LogP contribution in [0.5, 0.6) is 0 Å². The average molecular weight is 294 g/mol. The summed E-state index contributed by atoms with van der Waals surface area (Å²) in [6.07, 6.45) is 3.58. The number of halogens is 2. The molecule has 0 radical (unpaired) electrons. The van der Waals surface area contributed by atoms with Gasteiger partial charge in [0.1, 0.15) is 5.78 Å². The number of hydrogen-bond acceptors (Lipinski definition) is 2. The number of Topliss-reactive ketones (excluding diaryl/α,β-unsaturated/α-hetero) is 1. The molecular formula is C15H13Cl2NO. The zero-order chi connectivity index (χ0) is 13.4. The van der Waals surface area contributed by atoms with Crippen LogP contribution in [0.3, 0.4) is 0 Å². The van der Waals surface area contributed by atoms with Crippen molar-refractivity contribution in [3.05, 3.63) is 40.0 Å². The van der Waals surface area contributed by atoms with Gasteiger partial charge >= 0.3 is 0 Å². The third-order valence-corrected chi connectivity index (χ3v) is 4.20. The average Bonchev–Trinajstić information content (AvgIpc) is 2.38. The van der Waals surface area contributed by atoms with Crippen LogP contribution in [0.15, 0.2) is 24.3 Å². The molecule has 0 N–H and O–H groups in total. The molecule has 1 atom stereocenters. The van der Waals surface area contributed by atoms with E-state index in [1.54, 1.807) is 12.1 Å². The maximum atomic E-state index is 12.0. The second kappa shape index (κ2) is 5.10. The van der Waals surface area contributed by atoms with E-state index in [0.29, 0.717) is 16.5 Å². The Kier molecular flexibility index (Phi) is 3.46. The van der Waals surface area contributed by atoms with Gasteiger partial charge in [0.2, 0.25) is 0 Å². The quantitative estimate of drug-likeness (QED) is 0.758. The van der Waals surface area contributed by atoms with Crippen LogP contribution in [0, 0.1) is 0 Å². The number of hydrogen-bond donors (Lipinski definition) is 0. The van der Waals surface area contributed by atoms with Crippen LogP contribution in [0.1, 0.15) is 37.3 Å². The molecule has 1 fully saturated rings. The van der Waals surface area contributed by atoms with Crippen LogP contribution in [0.25, 0.3) is 10.9 Å². The van der Waals surface area contributed by atoms with Gasteiger partial charge in [0.05, 0.1) is 22.2 Å². The summed E-state index contributed by atoms with van der Waals surface area (Å²) in [5, 5.41) is 2.14.